The van der Waals surface area contributed by atoms with E-state index in [1.165, 1.54) is 0 Å². The molecule has 2 aromatic carbocycles. The number of carboxylic acid groups (broad SMARTS) is 1. The minimum atomic E-state index is -0.924. The number of carboxylic acids is 1. The van der Waals surface area contributed by atoms with Gasteiger partial charge in [0.15, 0.2) is 0 Å². The molecule has 0 saturated carbocycles. The number of aromatic carboxylic acids is 1. The van der Waals surface area contributed by atoms with Crippen molar-refractivity contribution < 1.29 is 14.7 Å². The third kappa shape index (κ3) is 3.86. The quantitative estimate of drug-likeness (QED) is 0.713. The van der Waals surface area contributed by atoms with Gasteiger partial charge in [0, 0.05) is 30.1 Å². The van der Waals surface area contributed by atoms with Gasteiger partial charge < -0.3 is 10.0 Å². The fourth-order valence-electron chi connectivity index (χ4n) is 4.15. The van der Waals surface area contributed by atoms with Crippen molar-refractivity contribution in [2.75, 3.05) is 13.1 Å². The highest BCUT2D eigenvalue weighted by atomic mass is 16.4. The van der Waals surface area contributed by atoms with Crippen molar-refractivity contribution >= 4 is 22.8 Å². The summed E-state index contributed by atoms with van der Waals surface area (Å²) in [6.45, 7) is 5.31. The van der Waals surface area contributed by atoms with Crippen LogP contribution in [-0.2, 0) is 0 Å². The summed E-state index contributed by atoms with van der Waals surface area (Å²) in [5, 5.41) is 9.98. The Morgan fingerprint density at radius 1 is 1.07 bits per heavy atom. The summed E-state index contributed by atoms with van der Waals surface area (Å²) in [6, 6.07) is 14.9. The largest absolute Gasteiger partial charge is 0.478 e. The molecule has 1 atom stereocenters. The molecule has 3 aromatic rings. The van der Waals surface area contributed by atoms with Gasteiger partial charge in [-0.2, -0.15) is 0 Å². The zero-order valence-corrected chi connectivity index (χ0v) is 16.7. The fourth-order valence-corrected chi connectivity index (χ4v) is 4.15. The van der Waals surface area contributed by atoms with E-state index in [9.17, 15) is 9.59 Å². The summed E-state index contributed by atoms with van der Waals surface area (Å²) in [6.07, 6.45) is 1.92. The Morgan fingerprint density at radius 3 is 2.55 bits per heavy atom. The van der Waals surface area contributed by atoms with Crippen LogP contribution in [-0.4, -0.2) is 40.0 Å². The number of amides is 1. The van der Waals surface area contributed by atoms with Crippen LogP contribution in [0.4, 0.5) is 0 Å². The first-order chi connectivity index (χ1) is 13.9. The molecule has 2 heterocycles. The van der Waals surface area contributed by atoms with E-state index in [2.05, 4.69) is 4.98 Å². The van der Waals surface area contributed by atoms with E-state index in [0.29, 0.717) is 12.1 Å². The van der Waals surface area contributed by atoms with Gasteiger partial charge in [0.05, 0.1) is 16.6 Å². The number of nitrogens with zero attached hydrogens (tertiary/aromatic N) is 2. The molecule has 5 nitrogen and oxygen atoms in total. The zero-order chi connectivity index (χ0) is 20.5. The van der Waals surface area contributed by atoms with Gasteiger partial charge >= 0.3 is 5.97 Å². The predicted octanol–water partition coefficient (Wildman–Crippen LogP) is 4.57. The first-order valence-corrected chi connectivity index (χ1v) is 9.93. The standard InChI is InChI=1S/C24H24N2O3/c1-15-5-10-20-21(13-16(2)25-22(20)12-15)23(27)26-11-3-4-19(14-26)17-6-8-18(9-7-17)24(28)29/h5-10,12-13,19H,3-4,11,14H2,1-2H3,(H,28,29)/t19-/m0/s1. The highest BCUT2D eigenvalue weighted by Gasteiger charge is 2.27. The van der Waals surface area contributed by atoms with E-state index < -0.39 is 5.97 Å². The van der Waals surface area contributed by atoms with E-state index in [-0.39, 0.29) is 17.4 Å². The second-order valence-electron chi connectivity index (χ2n) is 7.85. The second kappa shape index (κ2) is 7.66. The minimum absolute atomic E-state index is 0.0382. The van der Waals surface area contributed by atoms with Crippen LogP contribution in [0.15, 0.2) is 48.5 Å². The first-order valence-electron chi connectivity index (χ1n) is 9.93. The summed E-state index contributed by atoms with van der Waals surface area (Å²) >= 11 is 0. The molecular weight excluding hydrogens is 364 g/mol. The Bertz CT molecular complexity index is 1080. The van der Waals surface area contributed by atoms with Crippen molar-refractivity contribution in [3.8, 4) is 0 Å². The molecule has 0 radical (unpaired) electrons. The number of hydrogen-bond acceptors (Lipinski definition) is 3. The molecule has 0 unspecified atom stereocenters. The Morgan fingerprint density at radius 2 is 1.83 bits per heavy atom. The lowest BCUT2D eigenvalue weighted by molar-refractivity contribution is 0.0694. The molecule has 1 aliphatic heterocycles. The van der Waals surface area contributed by atoms with Gasteiger partial charge in [0.25, 0.3) is 5.91 Å². The molecule has 4 rings (SSSR count). The fraction of sp³-hybridized carbons (Fsp3) is 0.292. The smallest absolute Gasteiger partial charge is 0.335 e. The normalized spacial score (nSPS) is 16.8. The van der Waals surface area contributed by atoms with Gasteiger partial charge in [-0.05, 0) is 62.1 Å². The lowest BCUT2D eigenvalue weighted by Gasteiger charge is -2.33. The SMILES string of the molecule is Cc1ccc2c(C(=O)N3CCC[C@H](c4ccc(C(=O)O)cc4)C3)cc(C)nc2c1. The minimum Gasteiger partial charge on any atom is -0.478 e. The van der Waals surface area contributed by atoms with Gasteiger partial charge in [-0.15, -0.1) is 0 Å². The van der Waals surface area contributed by atoms with E-state index in [1.54, 1.807) is 12.1 Å². The van der Waals surface area contributed by atoms with Crippen LogP contribution in [0.5, 0.6) is 0 Å². The van der Waals surface area contributed by atoms with Gasteiger partial charge in [0.1, 0.15) is 0 Å². The van der Waals surface area contributed by atoms with Crippen LogP contribution in [0, 0.1) is 13.8 Å². The molecule has 1 N–H and O–H groups in total. The highest BCUT2D eigenvalue weighted by molar-refractivity contribution is 6.06. The van der Waals surface area contributed by atoms with Crippen molar-refractivity contribution in [2.24, 2.45) is 0 Å². The maximum atomic E-state index is 13.4. The number of pyridine rings is 1. The number of carbonyl (C=O) groups is 2. The third-order valence-electron chi connectivity index (χ3n) is 5.66. The molecule has 1 saturated heterocycles. The number of aromatic nitrogens is 1. The van der Waals surface area contributed by atoms with Crippen LogP contribution in [0.25, 0.3) is 10.9 Å². The molecule has 1 aromatic heterocycles. The van der Waals surface area contributed by atoms with Crippen molar-refractivity contribution in [2.45, 2.75) is 32.6 Å². The highest BCUT2D eigenvalue weighted by Crippen LogP contribution is 2.29. The zero-order valence-electron chi connectivity index (χ0n) is 16.7. The molecule has 29 heavy (non-hydrogen) atoms. The molecule has 1 aliphatic rings. The summed E-state index contributed by atoms with van der Waals surface area (Å²) < 4.78 is 0. The Labute approximate surface area is 170 Å². The van der Waals surface area contributed by atoms with Crippen molar-refractivity contribution in [3.63, 3.8) is 0 Å². The van der Waals surface area contributed by atoms with Crippen molar-refractivity contribution in [1.82, 2.24) is 9.88 Å². The van der Waals surface area contributed by atoms with Crippen LogP contribution >= 0.6 is 0 Å². The Balaban J connectivity index is 1.61. The van der Waals surface area contributed by atoms with E-state index >= 15 is 0 Å². The summed E-state index contributed by atoms with van der Waals surface area (Å²) in [7, 11) is 0. The van der Waals surface area contributed by atoms with Gasteiger partial charge in [-0.1, -0.05) is 24.3 Å². The van der Waals surface area contributed by atoms with Gasteiger partial charge in [-0.25, -0.2) is 4.79 Å². The lowest BCUT2D eigenvalue weighted by atomic mass is 9.89. The van der Waals surface area contributed by atoms with E-state index in [4.69, 9.17) is 5.11 Å². The number of rotatable bonds is 3. The van der Waals surface area contributed by atoms with E-state index in [1.807, 2.05) is 55.1 Å². The average Bonchev–Trinajstić information content (AvgIpc) is 2.72. The molecule has 0 spiro atoms. The summed E-state index contributed by atoms with van der Waals surface area (Å²) in [5.74, 6) is -0.671. The molecule has 0 aliphatic carbocycles. The molecule has 1 fully saturated rings. The maximum absolute atomic E-state index is 13.4. The Hall–Kier alpha value is -3.21. The number of hydrogen-bond donors (Lipinski definition) is 1. The van der Waals surface area contributed by atoms with Crippen molar-refractivity contribution in [3.05, 3.63) is 76.5 Å². The number of carbonyl (C=O) groups excluding carboxylic acids is 1. The number of piperidine rings is 1. The van der Waals surface area contributed by atoms with E-state index in [0.717, 1.165) is 47.1 Å². The van der Waals surface area contributed by atoms with Crippen LogP contribution < -0.4 is 0 Å². The second-order valence-corrected chi connectivity index (χ2v) is 7.85. The summed E-state index contributed by atoms with van der Waals surface area (Å²) in [4.78, 5) is 31.0. The number of likely N-dealkylation sites (tertiary alicyclic amines) is 1. The molecule has 1 amide bonds. The van der Waals surface area contributed by atoms with Gasteiger partial charge in [-0.3, -0.25) is 9.78 Å². The monoisotopic (exact) mass is 388 g/mol. The average molecular weight is 388 g/mol. The number of aryl methyl sites for hydroxylation is 2. The molecular formula is C24H24N2O3. The topological polar surface area (TPSA) is 70.5 Å². The lowest BCUT2D eigenvalue weighted by Crippen LogP contribution is -2.39. The number of benzene rings is 2. The summed E-state index contributed by atoms with van der Waals surface area (Å²) in [5.41, 5.74) is 4.88. The maximum Gasteiger partial charge on any atom is 0.335 e. The molecule has 0 bridgehead atoms. The van der Waals surface area contributed by atoms with Crippen LogP contribution in [0.1, 0.15) is 56.3 Å². The predicted molar refractivity (Wildman–Crippen MR) is 112 cm³/mol. The van der Waals surface area contributed by atoms with Gasteiger partial charge in [0.2, 0.25) is 0 Å². The molecule has 148 valence electrons. The van der Waals surface area contributed by atoms with Crippen molar-refractivity contribution in [1.29, 1.82) is 0 Å². The first kappa shape index (κ1) is 19.1. The third-order valence-corrected chi connectivity index (χ3v) is 5.66. The number of fused-ring (bicyclic) bond motifs is 1. The Kier molecular flexibility index (Phi) is 5.05. The van der Waals surface area contributed by atoms with Crippen LogP contribution in [0.3, 0.4) is 0 Å². The molecule has 5 heteroatoms. The van der Waals surface area contributed by atoms with Crippen LogP contribution in [0.2, 0.25) is 0 Å².